The molecule has 1 saturated heterocycles. The summed E-state index contributed by atoms with van der Waals surface area (Å²) in [5.41, 5.74) is 6.03. The van der Waals surface area contributed by atoms with Crippen LogP contribution in [0.5, 0.6) is 0 Å². The smallest absolute Gasteiger partial charge is 0.00509 e. The second-order valence-electron chi connectivity index (χ2n) is 5.08. The summed E-state index contributed by atoms with van der Waals surface area (Å²) in [6.07, 6.45) is 7.76. The summed E-state index contributed by atoms with van der Waals surface area (Å²) >= 11 is 0. The van der Waals surface area contributed by atoms with Crippen LogP contribution in [0.3, 0.4) is 0 Å². The summed E-state index contributed by atoms with van der Waals surface area (Å²) in [5.74, 6) is 0.970. The van der Waals surface area contributed by atoms with Gasteiger partial charge in [-0.2, -0.15) is 0 Å². The molecule has 2 N–H and O–H groups in total. The van der Waals surface area contributed by atoms with E-state index in [1.165, 1.54) is 58.2 Å². The number of nitrogens with zero attached hydrogens (tertiary/aromatic N) is 1. The van der Waals surface area contributed by atoms with Crippen molar-refractivity contribution in [1.29, 1.82) is 0 Å². The second kappa shape index (κ2) is 7.24. The molecule has 0 aromatic rings. The van der Waals surface area contributed by atoms with Crippen LogP contribution in [0.4, 0.5) is 0 Å². The summed E-state index contributed by atoms with van der Waals surface area (Å²) in [6.45, 7) is 8.37. The molecule has 0 spiro atoms. The molecule has 2 nitrogen and oxygen atoms in total. The van der Waals surface area contributed by atoms with Gasteiger partial charge in [0.1, 0.15) is 0 Å². The third kappa shape index (κ3) is 4.98. The van der Waals surface area contributed by atoms with Crippen LogP contribution in [0.2, 0.25) is 0 Å². The lowest BCUT2D eigenvalue weighted by Gasteiger charge is -2.18. The molecule has 1 aliphatic rings. The van der Waals surface area contributed by atoms with Crippen LogP contribution in [0, 0.1) is 5.92 Å². The average Bonchev–Trinajstić information content (AvgIpc) is 2.64. The number of hydrogen-bond donors (Lipinski definition) is 1. The molecule has 2 atom stereocenters. The molecule has 15 heavy (non-hydrogen) atoms. The third-order valence-corrected chi connectivity index (χ3v) is 3.54. The fourth-order valence-electron chi connectivity index (χ4n) is 2.62. The first kappa shape index (κ1) is 13.0. The van der Waals surface area contributed by atoms with Crippen LogP contribution in [0.1, 0.15) is 52.4 Å². The minimum atomic E-state index is 0.431. The van der Waals surface area contributed by atoms with Crippen LogP contribution in [-0.4, -0.2) is 30.6 Å². The first-order valence-electron chi connectivity index (χ1n) is 6.74. The van der Waals surface area contributed by atoms with Crippen LogP contribution in [0.15, 0.2) is 0 Å². The van der Waals surface area contributed by atoms with Gasteiger partial charge < -0.3 is 10.6 Å². The van der Waals surface area contributed by atoms with Crippen molar-refractivity contribution in [1.82, 2.24) is 4.90 Å². The maximum atomic E-state index is 6.03. The molecule has 0 aliphatic carbocycles. The zero-order valence-corrected chi connectivity index (χ0v) is 10.5. The van der Waals surface area contributed by atoms with Gasteiger partial charge in [-0.3, -0.25) is 0 Å². The highest BCUT2D eigenvalue weighted by Gasteiger charge is 2.21. The largest absolute Gasteiger partial charge is 0.328 e. The Labute approximate surface area is 95.2 Å². The highest BCUT2D eigenvalue weighted by Crippen LogP contribution is 2.20. The highest BCUT2D eigenvalue weighted by molar-refractivity contribution is 4.76. The van der Waals surface area contributed by atoms with Crippen molar-refractivity contribution in [3.05, 3.63) is 0 Å². The molecule has 0 amide bonds. The van der Waals surface area contributed by atoms with E-state index in [0.29, 0.717) is 6.04 Å². The molecular weight excluding hydrogens is 184 g/mol. The summed E-state index contributed by atoms with van der Waals surface area (Å²) in [4.78, 5) is 2.61. The van der Waals surface area contributed by atoms with Crippen LogP contribution in [0.25, 0.3) is 0 Å². The lowest BCUT2D eigenvalue weighted by Crippen LogP contribution is -2.29. The molecule has 0 aromatic carbocycles. The normalized spacial score (nSPS) is 24.6. The van der Waals surface area contributed by atoms with Gasteiger partial charge in [0.25, 0.3) is 0 Å². The van der Waals surface area contributed by atoms with Gasteiger partial charge >= 0.3 is 0 Å². The van der Waals surface area contributed by atoms with E-state index in [0.717, 1.165) is 5.92 Å². The van der Waals surface area contributed by atoms with E-state index >= 15 is 0 Å². The molecule has 2 heteroatoms. The minimum absolute atomic E-state index is 0.431. The molecule has 1 heterocycles. The fraction of sp³-hybridized carbons (Fsp3) is 1.00. The van der Waals surface area contributed by atoms with Crippen molar-refractivity contribution >= 4 is 0 Å². The highest BCUT2D eigenvalue weighted by atomic mass is 15.1. The van der Waals surface area contributed by atoms with Crippen molar-refractivity contribution in [2.24, 2.45) is 11.7 Å². The Hall–Kier alpha value is -0.0800. The standard InChI is InChI=1S/C13H28N2/c1-3-5-12-7-9-15(11-12)10-8-13(14)6-4-2/h12-13H,3-11,14H2,1-2H3. The van der Waals surface area contributed by atoms with Crippen LogP contribution < -0.4 is 5.73 Å². The molecule has 0 aromatic heterocycles. The number of nitrogens with two attached hydrogens (primary N) is 1. The lowest BCUT2D eigenvalue weighted by molar-refractivity contribution is 0.303. The van der Waals surface area contributed by atoms with Gasteiger partial charge in [0, 0.05) is 12.6 Å². The Balaban J connectivity index is 2.08. The molecule has 2 unspecified atom stereocenters. The van der Waals surface area contributed by atoms with Gasteiger partial charge in [-0.1, -0.05) is 26.7 Å². The molecule has 90 valence electrons. The van der Waals surface area contributed by atoms with Crippen LogP contribution in [-0.2, 0) is 0 Å². The summed E-state index contributed by atoms with van der Waals surface area (Å²) < 4.78 is 0. The van der Waals surface area contributed by atoms with E-state index in [2.05, 4.69) is 18.7 Å². The van der Waals surface area contributed by atoms with E-state index in [1.54, 1.807) is 0 Å². The Bertz CT molecular complexity index is 159. The second-order valence-corrected chi connectivity index (χ2v) is 5.08. The van der Waals surface area contributed by atoms with E-state index < -0.39 is 0 Å². The van der Waals surface area contributed by atoms with E-state index in [4.69, 9.17) is 5.73 Å². The van der Waals surface area contributed by atoms with Crippen molar-refractivity contribution in [3.8, 4) is 0 Å². The molecule has 0 bridgehead atoms. The van der Waals surface area contributed by atoms with E-state index in [-0.39, 0.29) is 0 Å². The Morgan fingerprint density at radius 2 is 2.07 bits per heavy atom. The maximum Gasteiger partial charge on any atom is 0.00509 e. The van der Waals surface area contributed by atoms with Crippen molar-refractivity contribution < 1.29 is 0 Å². The average molecular weight is 212 g/mol. The molecule has 1 fully saturated rings. The predicted molar refractivity (Wildman–Crippen MR) is 67.0 cm³/mol. The Kier molecular flexibility index (Phi) is 6.26. The van der Waals surface area contributed by atoms with Crippen molar-refractivity contribution in [3.63, 3.8) is 0 Å². The predicted octanol–water partition coefficient (Wildman–Crippen LogP) is 2.63. The summed E-state index contributed by atoms with van der Waals surface area (Å²) in [6, 6.07) is 0.431. The Morgan fingerprint density at radius 1 is 1.27 bits per heavy atom. The van der Waals surface area contributed by atoms with Gasteiger partial charge in [0.15, 0.2) is 0 Å². The third-order valence-electron chi connectivity index (χ3n) is 3.54. The van der Waals surface area contributed by atoms with Gasteiger partial charge in [-0.25, -0.2) is 0 Å². The van der Waals surface area contributed by atoms with Gasteiger partial charge in [0.05, 0.1) is 0 Å². The van der Waals surface area contributed by atoms with Crippen LogP contribution >= 0.6 is 0 Å². The summed E-state index contributed by atoms with van der Waals surface area (Å²) in [5, 5.41) is 0. The first-order chi connectivity index (χ1) is 7.26. The molecule has 0 saturated carbocycles. The topological polar surface area (TPSA) is 29.3 Å². The Morgan fingerprint density at radius 3 is 2.73 bits per heavy atom. The lowest BCUT2D eigenvalue weighted by atomic mass is 10.0. The van der Waals surface area contributed by atoms with Gasteiger partial charge in [0.2, 0.25) is 0 Å². The van der Waals surface area contributed by atoms with E-state index in [9.17, 15) is 0 Å². The van der Waals surface area contributed by atoms with Crippen molar-refractivity contribution in [2.45, 2.75) is 58.4 Å². The first-order valence-corrected chi connectivity index (χ1v) is 6.74. The zero-order chi connectivity index (χ0) is 11.1. The number of rotatable bonds is 7. The number of hydrogen-bond acceptors (Lipinski definition) is 2. The van der Waals surface area contributed by atoms with E-state index in [1.807, 2.05) is 0 Å². The number of likely N-dealkylation sites (tertiary alicyclic amines) is 1. The zero-order valence-electron chi connectivity index (χ0n) is 10.5. The molecule has 1 aliphatic heterocycles. The minimum Gasteiger partial charge on any atom is -0.328 e. The molecular formula is C13H28N2. The molecule has 0 radical (unpaired) electrons. The van der Waals surface area contributed by atoms with Gasteiger partial charge in [-0.15, -0.1) is 0 Å². The molecule has 1 rings (SSSR count). The quantitative estimate of drug-likeness (QED) is 0.703. The van der Waals surface area contributed by atoms with Gasteiger partial charge in [-0.05, 0) is 44.7 Å². The van der Waals surface area contributed by atoms with Crippen molar-refractivity contribution in [2.75, 3.05) is 19.6 Å². The summed E-state index contributed by atoms with van der Waals surface area (Å²) in [7, 11) is 0. The monoisotopic (exact) mass is 212 g/mol. The SMILES string of the molecule is CCCC(N)CCN1CCC(CCC)C1. The maximum absolute atomic E-state index is 6.03. The fourth-order valence-corrected chi connectivity index (χ4v) is 2.62.